The number of rotatable bonds is 4. The topological polar surface area (TPSA) is 81.9 Å². The summed E-state index contributed by atoms with van der Waals surface area (Å²) in [4.78, 5) is 12.3. The van der Waals surface area contributed by atoms with Gasteiger partial charge in [0.1, 0.15) is 5.01 Å². The fourth-order valence-electron chi connectivity index (χ4n) is 2.24. The summed E-state index contributed by atoms with van der Waals surface area (Å²) in [6, 6.07) is 0. The molecular formula is C13H17N5O2S. The lowest BCUT2D eigenvalue weighted by atomic mass is 10.2. The van der Waals surface area contributed by atoms with Crippen LogP contribution in [0.25, 0.3) is 0 Å². The molecule has 1 amide bonds. The van der Waals surface area contributed by atoms with Crippen molar-refractivity contribution in [3.63, 3.8) is 0 Å². The predicted octanol–water partition coefficient (Wildman–Crippen LogP) is 2.03. The Bertz CT molecular complexity index is 664. The predicted molar refractivity (Wildman–Crippen MR) is 78.9 cm³/mol. The van der Waals surface area contributed by atoms with Crippen LogP contribution in [0.1, 0.15) is 40.8 Å². The fraction of sp³-hybridized carbons (Fsp3) is 0.538. The number of carbonyl (C=O) groups excluding carboxylic acids is 1. The van der Waals surface area contributed by atoms with Gasteiger partial charge < -0.3 is 4.74 Å². The van der Waals surface area contributed by atoms with E-state index in [0.717, 1.165) is 36.4 Å². The molecule has 0 fully saturated rings. The Labute approximate surface area is 126 Å². The number of anilines is 1. The van der Waals surface area contributed by atoms with Crippen molar-refractivity contribution >= 4 is 22.4 Å². The first-order valence-electron chi connectivity index (χ1n) is 7.03. The fourth-order valence-corrected chi connectivity index (χ4v) is 3.08. The van der Waals surface area contributed by atoms with Gasteiger partial charge in [0.05, 0.1) is 6.61 Å². The third-order valence-corrected chi connectivity index (χ3v) is 4.15. The van der Waals surface area contributed by atoms with Crippen LogP contribution in [0.2, 0.25) is 0 Å². The van der Waals surface area contributed by atoms with E-state index in [1.54, 1.807) is 4.68 Å². The lowest BCUT2D eigenvalue weighted by Gasteiger charge is -2.14. The summed E-state index contributed by atoms with van der Waals surface area (Å²) in [7, 11) is 0. The van der Waals surface area contributed by atoms with Crippen molar-refractivity contribution < 1.29 is 9.53 Å². The Morgan fingerprint density at radius 3 is 3.10 bits per heavy atom. The van der Waals surface area contributed by atoms with E-state index in [2.05, 4.69) is 27.5 Å². The summed E-state index contributed by atoms with van der Waals surface area (Å²) < 4.78 is 7.31. The molecule has 0 aromatic carbocycles. The maximum Gasteiger partial charge on any atom is 0.278 e. The van der Waals surface area contributed by atoms with E-state index in [0.29, 0.717) is 23.3 Å². The second-order valence-corrected chi connectivity index (χ2v) is 5.97. The van der Waals surface area contributed by atoms with E-state index in [4.69, 9.17) is 4.74 Å². The van der Waals surface area contributed by atoms with Gasteiger partial charge in [0.2, 0.25) is 11.0 Å². The molecule has 8 heteroatoms. The standard InChI is InChI=1S/C13H17N5O2S/c1-3-5-9-15-16-13(21-9)14-11(19)10-8(2)12-18(17-10)6-4-7-20-12/h3-7H2,1-2H3,(H,14,16,19). The number of nitrogens with one attached hydrogen (secondary N) is 1. The quantitative estimate of drug-likeness (QED) is 0.934. The van der Waals surface area contributed by atoms with Crippen molar-refractivity contribution in [1.29, 1.82) is 0 Å². The van der Waals surface area contributed by atoms with Gasteiger partial charge in [-0.2, -0.15) is 5.10 Å². The van der Waals surface area contributed by atoms with Crippen LogP contribution in [0.3, 0.4) is 0 Å². The summed E-state index contributed by atoms with van der Waals surface area (Å²) in [6.45, 7) is 5.38. The molecule has 0 atom stereocenters. The lowest BCUT2D eigenvalue weighted by molar-refractivity contribution is 0.102. The average Bonchev–Trinajstić information content (AvgIpc) is 3.05. The van der Waals surface area contributed by atoms with Gasteiger partial charge in [-0.1, -0.05) is 18.3 Å². The van der Waals surface area contributed by atoms with Crippen molar-refractivity contribution in [2.75, 3.05) is 11.9 Å². The second-order valence-electron chi connectivity index (χ2n) is 4.91. The number of hydrogen-bond donors (Lipinski definition) is 1. The molecule has 0 aliphatic carbocycles. The summed E-state index contributed by atoms with van der Waals surface area (Å²) in [5.74, 6) is 0.424. The number of carbonyl (C=O) groups is 1. The minimum Gasteiger partial charge on any atom is -0.478 e. The van der Waals surface area contributed by atoms with Crippen molar-refractivity contribution in [3.05, 3.63) is 16.3 Å². The number of ether oxygens (including phenoxy) is 1. The van der Waals surface area contributed by atoms with Crippen molar-refractivity contribution in [2.45, 2.75) is 39.7 Å². The molecule has 0 unspecified atom stereocenters. The normalized spacial score (nSPS) is 13.6. The van der Waals surface area contributed by atoms with Crippen LogP contribution in [-0.2, 0) is 13.0 Å². The highest BCUT2D eigenvalue weighted by molar-refractivity contribution is 7.15. The van der Waals surface area contributed by atoms with Crippen molar-refractivity contribution in [1.82, 2.24) is 20.0 Å². The molecule has 1 aliphatic heterocycles. The van der Waals surface area contributed by atoms with Crippen LogP contribution in [-0.4, -0.2) is 32.5 Å². The Balaban J connectivity index is 1.77. The van der Waals surface area contributed by atoms with Gasteiger partial charge in [-0.25, -0.2) is 4.68 Å². The van der Waals surface area contributed by atoms with Crippen LogP contribution < -0.4 is 10.1 Å². The van der Waals surface area contributed by atoms with Crippen LogP contribution in [0, 0.1) is 6.92 Å². The number of aromatic nitrogens is 4. The summed E-state index contributed by atoms with van der Waals surface area (Å²) in [5, 5.41) is 16.6. The van der Waals surface area contributed by atoms with Crippen LogP contribution >= 0.6 is 11.3 Å². The molecule has 1 N–H and O–H groups in total. The van der Waals surface area contributed by atoms with Gasteiger partial charge in [-0.15, -0.1) is 10.2 Å². The Morgan fingerprint density at radius 2 is 2.33 bits per heavy atom. The van der Waals surface area contributed by atoms with Crippen molar-refractivity contribution in [2.24, 2.45) is 0 Å². The largest absolute Gasteiger partial charge is 0.478 e. The minimum atomic E-state index is -0.266. The Hall–Kier alpha value is -1.96. The zero-order chi connectivity index (χ0) is 14.8. The van der Waals surface area contributed by atoms with Gasteiger partial charge >= 0.3 is 0 Å². The van der Waals surface area contributed by atoms with E-state index in [1.165, 1.54) is 11.3 Å². The molecule has 7 nitrogen and oxygen atoms in total. The van der Waals surface area contributed by atoms with E-state index in [-0.39, 0.29) is 5.91 Å². The summed E-state index contributed by atoms with van der Waals surface area (Å²) >= 11 is 1.40. The number of hydrogen-bond acceptors (Lipinski definition) is 6. The Morgan fingerprint density at radius 1 is 1.48 bits per heavy atom. The van der Waals surface area contributed by atoms with Gasteiger partial charge in [0.25, 0.3) is 5.91 Å². The molecule has 0 bridgehead atoms. The molecule has 112 valence electrons. The molecule has 0 radical (unpaired) electrons. The van der Waals surface area contributed by atoms with E-state index in [1.807, 2.05) is 6.92 Å². The van der Waals surface area contributed by atoms with Crippen LogP contribution in [0.15, 0.2) is 0 Å². The zero-order valence-electron chi connectivity index (χ0n) is 12.0. The first kappa shape index (κ1) is 14.0. The number of nitrogens with zero attached hydrogens (tertiary/aromatic N) is 4. The van der Waals surface area contributed by atoms with Gasteiger partial charge in [0.15, 0.2) is 5.69 Å². The molecule has 3 rings (SSSR count). The van der Waals surface area contributed by atoms with Gasteiger partial charge in [-0.05, 0) is 13.3 Å². The number of amides is 1. The van der Waals surface area contributed by atoms with Gasteiger partial charge in [0, 0.05) is 24.9 Å². The first-order chi connectivity index (χ1) is 10.2. The molecular weight excluding hydrogens is 290 g/mol. The van der Waals surface area contributed by atoms with Crippen LogP contribution in [0.5, 0.6) is 5.88 Å². The summed E-state index contributed by atoms with van der Waals surface area (Å²) in [6.07, 6.45) is 2.79. The molecule has 2 aromatic heterocycles. The maximum atomic E-state index is 12.3. The van der Waals surface area contributed by atoms with Crippen molar-refractivity contribution in [3.8, 4) is 5.88 Å². The number of fused-ring (bicyclic) bond motifs is 1. The molecule has 21 heavy (non-hydrogen) atoms. The molecule has 0 saturated heterocycles. The highest BCUT2D eigenvalue weighted by Gasteiger charge is 2.23. The van der Waals surface area contributed by atoms with Gasteiger partial charge in [-0.3, -0.25) is 10.1 Å². The molecule has 0 saturated carbocycles. The monoisotopic (exact) mass is 307 g/mol. The average molecular weight is 307 g/mol. The minimum absolute atomic E-state index is 0.266. The smallest absolute Gasteiger partial charge is 0.278 e. The number of aryl methyl sites for hydroxylation is 2. The SMILES string of the molecule is CCCc1nnc(NC(=O)c2nn3c(c2C)OCCC3)s1. The summed E-state index contributed by atoms with van der Waals surface area (Å²) in [5.41, 5.74) is 1.16. The zero-order valence-corrected chi connectivity index (χ0v) is 12.9. The first-order valence-corrected chi connectivity index (χ1v) is 7.84. The molecule has 3 heterocycles. The lowest BCUT2D eigenvalue weighted by Crippen LogP contribution is -2.16. The molecule has 0 spiro atoms. The maximum absolute atomic E-state index is 12.3. The molecule has 2 aromatic rings. The van der Waals surface area contributed by atoms with E-state index >= 15 is 0 Å². The Kier molecular flexibility index (Phi) is 3.87. The van der Waals surface area contributed by atoms with E-state index < -0.39 is 0 Å². The third kappa shape index (κ3) is 2.76. The highest BCUT2D eigenvalue weighted by Crippen LogP contribution is 2.26. The van der Waals surface area contributed by atoms with Crippen LogP contribution in [0.4, 0.5) is 5.13 Å². The highest BCUT2D eigenvalue weighted by atomic mass is 32.1. The third-order valence-electron chi connectivity index (χ3n) is 3.25. The van der Waals surface area contributed by atoms with E-state index in [9.17, 15) is 4.79 Å². The molecule has 1 aliphatic rings. The second kappa shape index (κ2) is 5.80.